The van der Waals surface area contributed by atoms with E-state index in [0.29, 0.717) is 36.2 Å². The number of rotatable bonds is 5. The number of amides is 1. The van der Waals surface area contributed by atoms with Crippen LogP contribution in [0.25, 0.3) is 0 Å². The molecule has 0 aliphatic carbocycles. The average Bonchev–Trinajstić information content (AvgIpc) is 2.79. The van der Waals surface area contributed by atoms with Crippen molar-refractivity contribution in [3.8, 4) is 17.4 Å². The Hall–Kier alpha value is -3.55. The van der Waals surface area contributed by atoms with Crippen LogP contribution in [0.5, 0.6) is 17.4 Å². The van der Waals surface area contributed by atoms with E-state index in [1.54, 1.807) is 36.7 Å². The first-order valence-electron chi connectivity index (χ1n) is 9.42. The minimum atomic E-state index is -0.112. The molecule has 148 valence electrons. The molecular formula is C21H21N5O3. The van der Waals surface area contributed by atoms with Gasteiger partial charge in [-0.15, -0.1) is 0 Å². The van der Waals surface area contributed by atoms with Gasteiger partial charge in [0.05, 0.1) is 25.2 Å². The normalized spacial score (nSPS) is 16.3. The monoisotopic (exact) mass is 391 g/mol. The lowest BCUT2D eigenvalue weighted by atomic mass is 9.95. The first kappa shape index (κ1) is 18.8. The molecule has 0 N–H and O–H groups in total. The maximum Gasteiger partial charge on any atom is 0.274 e. The number of likely N-dealkylation sites (tertiary alicyclic amines) is 1. The van der Waals surface area contributed by atoms with Gasteiger partial charge in [0.2, 0.25) is 5.88 Å². The zero-order chi connectivity index (χ0) is 20.1. The predicted molar refractivity (Wildman–Crippen MR) is 105 cm³/mol. The van der Waals surface area contributed by atoms with Crippen LogP contribution in [-0.2, 0) is 0 Å². The Labute approximate surface area is 168 Å². The van der Waals surface area contributed by atoms with Gasteiger partial charge >= 0.3 is 0 Å². The zero-order valence-electron chi connectivity index (χ0n) is 16.1. The maximum atomic E-state index is 12.7. The molecule has 1 aromatic carbocycles. The molecule has 0 saturated carbocycles. The molecule has 0 unspecified atom stereocenters. The summed E-state index contributed by atoms with van der Waals surface area (Å²) in [6.07, 6.45) is 9.71. The van der Waals surface area contributed by atoms with Crippen molar-refractivity contribution < 1.29 is 14.3 Å². The Morgan fingerprint density at radius 2 is 2.03 bits per heavy atom. The summed E-state index contributed by atoms with van der Waals surface area (Å²) < 4.78 is 11.1. The molecule has 8 nitrogen and oxygen atoms in total. The van der Waals surface area contributed by atoms with E-state index >= 15 is 0 Å². The van der Waals surface area contributed by atoms with Crippen molar-refractivity contribution >= 4 is 5.91 Å². The first-order chi connectivity index (χ1) is 14.2. The lowest BCUT2D eigenvalue weighted by Gasteiger charge is -2.32. The van der Waals surface area contributed by atoms with Gasteiger partial charge < -0.3 is 14.4 Å². The Morgan fingerprint density at radius 1 is 1.14 bits per heavy atom. The highest BCUT2D eigenvalue weighted by Gasteiger charge is 2.27. The Bertz CT molecular complexity index is 983. The molecule has 3 aromatic rings. The second-order valence-electron chi connectivity index (χ2n) is 6.74. The molecule has 1 fully saturated rings. The molecule has 1 atom stereocenters. The zero-order valence-corrected chi connectivity index (χ0v) is 16.1. The van der Waals surface area contributed by atoms with Gasteiger partial charge in [0.1, 0.15) is 17.2 Å². The van der Waals surface area contributed by atoms with E-state index in [1.807, 2.05) is 18.2 Å². The van der Waals surface area contributed by atoms with Crippen LogP contribution in [0.2, 0.25) is 0 Å². The van der Waals surface area contributed by atoms with Gasteiger partial charge in [-0.25, -0.2) is 9.97 Å². The molecule has 29 heavy (non-hydrogen) atoms. The van der Waals surface area contributed by atoms with E-state index in [1.165, 1.54) is 12.4 Å². The second-order valence-corrected chi connectivity index (χ2v) is 6.74. The summed E-state index contributed by atoms with van der Waals surface area (Å²) >= 11 is 0. The predicted octanol–water partition coefficient (Wildman–Crippen LogP) is 3.09. The fourth-order valence-corrected chi connectivity index (χ4v) is 3.37. The van der Waals surface area contributed by atoms with Crippen molar-refractivity contribution in [3.05, 3.63) is 66.6 Å². The highest BCUT2D eigenvalue weighted by atomic mass is 16.5. The molecule has 3 heterocycles. The minimum Gasteiger partial charge on any atom is -0.497 e. The topological polar surface area (TPSA) is 90.3 Å². The summed E-state index contributed by atoms with van der Waals surface area (Å²) in [6, 6.07) is 7.32. The third-order valence-corrected chi connectivity index (χ3v) is 4.80. The van der Waals surface area contributed by atoms with E-state index < -0.39 is 0 Å². The Morgan fingerprint density at radius 3 is 2.86 bits per heavy atom. The first-order valence-corrected chi connectivity index (χ1v) is 9.42. The van der Waals surface area contributed by atoms with E-state index in [2.05, 4.69) is 19.9 Å². The molecule has 1 amide bonds. The lowest BCUT2D eigenvalue weighted by Crippen LogP contribution is -2.39. The van der Waals surface area contributed by atoms with Crippen LogP contribution < -0.4 is 9.47 Å². The van der Waals surface area contributed by atoms with Gasteiger partial charge in [0.15, 0.2) is 0 Å². The highest BCUT2D eigenvalue weighted by molar-refractivity contribution is 5.92. The molecule has 0 spiro atoms. The highest BCUT2D eigenvalue weighted by Crippen LogP contribution is 2.28. The van der Waals surface area contributed by atoms with Crippen molar-refractivity contribution in [1.82, 2.24) is 24.8 Å². The SMILES string of the molecule is COc1cccc(Oc2cncc([C@H]3CCCN(C(=O)c4cnccn4)C3)n2)c1. The third kappa shape index (κ3) is 4.48. The van der Waals surface area contributed by atoms with Gasteiger partial charge in [0, 0.05) is 43.7 Å². The molecule has 1 aliphatic heterocycles. The number of carbonyl (C=O) groups is 1. The van der Waals surface area contributed by atoms with E-state index in [4.69, 9.17) is 9.47 Å². The molecule has 2 aromatic heterocycles. The van der Waals surface area contributed by atoms with Crippen molar-refractivity contribution in [3.63, 3.8) is 0 Å². The number of methoxy groups -OCH3 is 1. The molecule has 0 bridgehead atoms. The van der Waals surface area contributed by atoms with Crippen molar-refractivity contribution in [1.29, 1.82) is 0 Å². The van der Waals surface area contributed by atoms with Crippen LogP contribution in [-0.4, -0.2) is 50.9 Å². The van der Waals surface area contributed by atoms with Gasteiger partial charge in [-0.3, -0.25) is 14.8 Å². The summed E-state index contributed by atoms with van der Waals surface area (Å²) in [4.78, 5) is 31.5. The summed E-state index contributed by atoms with van der Waals surface area (Å²) in [6.45, 7) is 1.26. The van der Waals surface area contributed by atoms with Crippen molar-refractivity contribution in [2.75, 3.05) is 20.2 Å². The average molecular weight is 391 g/mol. The smallest absolute Gasteiger partial charge is 0.274 e. The Kier molecular flexibility index (Phi) is 5.60. The molecule has 1 aliphatic rings. The standard InChI is InChI=1S/C21H21N5O3/c1-28-16-5-2-6-17(10-16)29-20-13-23-11-18(25-20)15-4-3-9-26(14-15)21(27)19-12-22-7-8-24-19/h2,5-8,10-13,15H,3-4,9,14H2,1H3/t15-/m0/s1. The van der Waals surface area contributed by atoms with Crippen LogP contribution in [0.4, 0.5) is 0 Å². The lowest BCUT2D eigenvalue weighted by molar-refractivity contribution is 0.0699. The van der Waals surface area contributed by atoms with E-state index in [0.717, 1.165) is 18.5 Å². The number of benzene rings is 1. The van der Waals surface area contributed by atoms with E-state index in [-0.39, 0.29) is 11.8 Å². The fraction of sp³-hybridized carbons (Fsp3) is 0.286. The van der Waals surface area contributed by atoms with Crippen molar-refractivity contribution in [2.45, 2.75) is 18.8 Å². The quantitative estimate of drug-likeness (QED) is 0.660. The van der Waals surface area contributed by atoms with Gasteiger partial charge in [-0.2, -0.15) is 0 Å². The number of carbonyl (C=O) groups excluding carboxylic acids is 1. The van der Waals surface area contributed by atoms with Gasteiger partial charge in [0.25, 0.3) is 5.91 Å². The molecule has 1 saturated heterocycles. The number of hydrogen-bond acceptors (Lipinski definition) is 7. The van der Waals surface area contributed by atoms with Crippen LogP contribution in [0.15, 0.2) is 55.2 Å². The number of hydrogen-bond donors (Lipinski definition) is 0. The molecule has 0 radical (unpaired) electrons. The van der Waals surface area contributed by atoms with Crippen molar-refractivity contribution in [2.24, 2.45) is 0 Å². The number of piperidine rings is 1. The minimum absolute atomic E-state index is 0.0886. The fourth-order valence-electron chi connectivity index (χ4n) is 3.37. The van der Waals surface area contributed by atoms with Gasteiger partial charge in [-0.05, 0) is 25.0 Å². The number of aromatic nitrogens is 4. The van der Waals surface area contributed by atoms with E-state index in [9.17, 15) is 4.79 Å². The summed E-state index contributed by atoms with van der Waals surface area (Å²) in [5.41, 5.74) is 1.16. The molecule has 8 heteroatoms. The number of nitrogens with zero attached hydrogens (tertiary/aromatic N) is 5. The number of ether oxygens (including phenoxy) is 2. The van der Waals surface area contributed by atoms with Crippen LogP contribution in [0, 0.1) is 0 Å². The van der Waals surface area contributed by atoms with Gasteiger partial charge in [-0.1, -0.05) is 6.07 Å². The van der Waals surface area contributed by atoms with Crippen LogP contribution in [0.1, 0.15) is 34.9 Å². The Balaban J connectivity index is 1.48. The summed E-state index contributed by atoms with van der Waals surface area (Å²) in [5, 5.41) is 0. The molecule has 4 rings (SSSR count). The largest absolute Gasteiger partial charge is 0.497 e. The van der Waals surface area contributed by atoms with Crippen LogP contribution in [0.3, 0.4) is 0 Å². The summed E-state index contributed by atoms with van der Waals surface area (Å²) in [5.74, 6) is 1.72. The van der Waals surface area contributed by atoms with Crippen LogP contribution >= 0.6 is 0 Å². The third-order valence-electron chi connectivity index (χ3n) is 4.80. The molecular weight excluding hydrogens is 370 g/mol. The maximum absolute atomic E-state index is 12.7. The summed E-state index contributed by atoms with van der Waals surface area (Å²) in [7, 11) is 1.61. The second kappa shape index (κ2) is 8.64.